The quantitative estimate of drug-likeness (QED) is 0.551. The fraction of sp³-hybridized carbons (Fsp3) is 0.360. The highest BCUT2D eigenvalue weighted by molar-refractivity contribution is 6.07. The van der Waals surface area contributed by atoms with E-state index < -0.39 is 0 Å². The molecule has 0 bridgehead atoms. The number of halogens is 1. The predicted octanol–water partition coefficient (Wildman–Crippen LogP) is 5.48. The van der Waals surface area contributed by atoms with Gasteiger partial charge < -0.3 is 9.88 Å². The highest BCUT2D eigenvalue weighted by atomic mass is 19.1. The maximum atomic E-state index is 14.7. The van der Waals surface area contributed by atoms with Crippen LogP contribution in [0.15, 0.2) is 48.7 Å². The number of hydrogen-bond donors (Lipinski definition) is 1. The van der Waals surface area contributed by atoms with Crippen molar-refractivity contribution in [3.8, 4) is 0 Å². The largest absolute Gasteiger partial charge is 0.349 e. The van der Waals surface area contributed by atoms with E-state index in [1.807, 2.05) is 41.8 Å². The van der Waals surface area contributed by atoms with Crippen molar-refractivity contribution >= 4 is 22.6 Å². The molecule has 30 heavy (non-hydrogen) atoms. The van der Waals surface area contributed by atoms with Crippen molar-refractivity contribution < 1.29 is 14.0 Å². The fourth-order valence-corrected chi connectivity index (χ4v) is 4.32. The zero-order valence-electron chi connectivity index (χ0n) is 17.3. The van der Waals surface area contributed by atoms with Crippen molar-refractivity contribution in [2.24, 2.45) is 0 Å². The molecule has 1 aliphatic carbocycles. The van der Waals surface area contributed by atoms with Gasteiger partial charge >= 0.3 is 0 Å². The van der Waals surface area contributed by atoms with E-state index in [-0.39, 0.29) is 23.5 Å². The molecule has 0 aliphatic heterocycles. The Bertz CT molecular complexity index is 1060. The van der Waals surface area contributed by atoms with E-state index >= 15 is 0 Å². The van der Waals surface area contributed by atoms with Crippen LogP contribution in [0, 0.1) is 5.82 Å². The molecule has 1 amide bonds. The zero-order valence-corrected chi connectivity index (χ0v) is 17.3. The maximum absolute atomic E-state index is 14.7. The summed E-state index contributed by atoms with van der Waals surface area (Å²) in [4.78, 5) is 24.8. The number of carbonyl (C=O) groups is 2. The van der Waals surface area contributed by atoms with E-state index in [4.69, 9.17) is 0 Å². The van der Waals surface area contributed by atoms with Crippen LogP contribution in [0.4, 0.5) is 4.39 Å². The number of rotatable bonds is 6. The van der Waals surface area contributed by atoms with Crippen LogP contribution < -0.4 is 5.32 Å². The average Bonchev–Trinajstić information content (AvgIpc) is 3.14. The van der Waals surface area contributed by atoms with Crippen molar-refractivity contribution in [3.63, 3.8) is 0 Å². The number of nitrogens with zero attached hydrogens (tertiary/aromatic N) is 1. The lowest BCUT2D eigenvalue weighted by Gasteiger charge is -2.22. The fourth-order valence-electron chi connectivity index (χ4n) is 4.32. The molecule has 3 aromatic rings. The number of nitrogens with one attached hydrogen (secondary N) is 1. The molecule has 1 saturated carbocycles. The smallest absolute Gasteiger partial charge is 0.253 e. The Morgan fingerprint density at radius 2 is 1.80 bits per heavy atom. The first kappa shape index (κ1) is 20.3. The molecule has 1 aromatic heterocycles. The molecule has 1 aliphatic rings. The molecule has 156 valence electrons. The Labute approximate surface area is 176 Å². The molecule has 0 atom stereocenters. The first-order chi connectivity index (χ1) is 14.6. The Hall–Kier alpha value is -2.95. The molecule has 4 nitrogen and oxygen atoms in total. The van der Waals surface area contributed by atoms with Crippen molar-refractivity contribution in [1.82, 2.24) is 9.88 Å². The Morgan fingerprint density at radius 1 is 1.07 bits per heavy atom. The van der Waals surface area contributed by atoms with Crippen LogP contribution in [0.25, 0.3) is 10.9 Å². The second kappa shape index (κ2) is 8.82. The molecular weight excluding hydrogens is 379 g/mol. The van der Waals surface area contributed by atoms with Gasteiger partial charge in [-0.3, -0.25) is 9.59 Å². The third-order valence-electron chi connectivity index (χ3n) is 5.99. The van der Waals surface area contributed by atoms with Crippen LogP contribution in [-0.4, -0.2) is 22.3 Å². The van der Waals surface area contributed by atoms with Gasteiger partial charge in [-0.15, -0.1) is 0 Å². The second-order valence-electron chi connectivity index (χ2n) is 8.09. The number of amides is 1. The Kier molecular flexibility index (Phi) is 5.98. The summed E-state index contributed by atoms with van der Waals surface area (Å²) >= 11 is 0. The van der Waals surface area contributed by atoms with Crippen LogP contribution in [0.2, 0.25) is 0 Å². The van der Waals surface area contributed by atoms with Gasteiger partial charge in [0.05, 0.1) is 11.1 Å². The van der Waals surface area contributed by atoms with Gasteiger partial charge in [0.25, 0.3) is 5.91 Å². The SMILES string of the molecule is CCC(=O)c1ccc(Cn2cc(C(=O)NC3CCCCC3)c3c(F)cccc32)cc1. The van der Waals surface area contributed by atoms with Crippen LogP contribution in [0.1, 0.15) is 71.7 Å². The monoisotopic (exact) mass is 406 g/mol. The normalized spacial score (nSPS) is 14.7. The van der Waals surface area contributed by atoms with Gasteiger partial charge in [0.15, 0.2) is 5.78 Å². The molecule has 2 aromatic carbocycles. The summed E-state index contributed by atoms with van der Waals surface area (Å²) in [5.74, 6) is -0.486. The van der Waals surface area contributed by atoms with E-state index in [1.165, 1.54) is 12.5 Å². The van der Waals surface area contributed by atoms with Crippen LogP contribution in [0.5, 0.6) is 0 Å². The first-order valence-electron chi connectivity index (χ1n) is 10.8. The summed E-state index contributed by atoms with van der Waals surface area (Å²) in [7, 11) is 0. The number of fused-ring (bicyclic) bond motifs is 1. The average molecular weight is 407 g/mol. The van der Waals surface area contributed by atoms with Crippen molar-refractivity contribution in [3.05, 3.63) is 71.2 Å². The number of ketones is 1. The maximum Gasteiger partial charge on any atom is 0.253 e. The first-order valence-corrected chi connectivity index (χ1v) is 10.8. The highest BCUT2D eigenvalue weighted by Crippen LogP contribution is 2.26. The van der Waals surface area contributed by atoms with Crippen LogP contribution in [0.3, 0.4) is 0 Å². The van der Waals surface area contributed by atoms with Gasteiger partial charge in [-0.25, -0.2) is 4.39 Å². The lowest BCUT2D eigenvalue weighted by atomic mass is 9.95. The summed E-state index contributed by atoms with van der Waals surface area (Å²) in [6.07, 6.45) is 7.64. The number of hydrogen-bond acceptors (Lipinski definition) is 2. The minimum absolute atomic E-state index is 0.108. The van der Waals surface area contributed by atoms with E-state index in [9.17, 15) is 14.0 Å². The van der Waals surface area contributed by atoms with Crippen LogP contribution >= 0.6 is 0 Å². The van der Waals surface area contributed by atoms with Crippen molar-refractivity contribution in [1.29, 1.82) is 0 Å². The van der Waals surface area contributed by atoms with Crippen molar-refractivity contribution in [2.45, 2.75) is 58.0 Å². The summed E-state index contributed by atoms with van der Waals surface area (Å²) in [6.45, 7) is 2.34. The standard InChI is InChI=1S/C25H27FN2O2/c1-2-23(29)18-13-11-17(12-14-18)15-28-16-20(24-21(26)9-6-10-22(24)28)25(30)27-19-7-4-3-5-8-19/h6,9-14,16,19H,2-5,7-8,15H2,1H3,(H,27,30). The summed E-state index contributed by atoms with van der Waals surface area (Å²) < 4.78 is 16.6. The number of benzene rings is 2. The lowest BCUT2D eigenvalue weighted by Crippen LogP contribution is -2.36. The van der Waals surface area contributed by atoms with E-state index in [0.29, 0.717) is 35.0 Å². The van der Waals surface area contributed by atoms with E-state index in [0.717, 1.165) is 31.2 Å². The third-order valence-corrected chi connectivity index (χ3v) is 5.99. The molecule has 0 saturated heterocycles. The predicted molar refractivity (Wildman–Crippen MR) is 116 cm³/mol. The van der Waals surface area contributed by atoms with Gasteiger partial charge in [-0.05, 0) is 30.5 Å². The molecule has 1 N–H and O–H groups in total. The molecule has 0 radical (unpaired) electrons. The molecule has 0 spiro atoms. The minimum Gasteiger partial charge on any atom is -0.349 e. The number of carbonyl (C=O) groups excluding carboxylic acids is 2. The summed E-state index contributed by atoms with van der Waals surface area (Å²) in [5.41, 5.74) is 2.75. The molecule has 1 fully saturated rings. The summed E-state index contributed by atoms with van der Waals surface area (Å²) in [6, 6.07) is 12.5. The van der Waals surface area contributed by atoms with Gasteiger partial charge in [0.2, 0.25) is 0 Å². The zero-order chi connectivity index (χ0) is 21.1. The molecule has 5 heteroatoms. The third kappa shape index (κ3) is 4.16. The van der Waals surface area contributed by atoms with Gasteiger partial charge in [0.1, 0.15) is 5.82 Å². The molecule has 4 rings (SSSR count). The van der Waals surface area contributed by atoms with Crippen molar-refractivity contribution in [2.75, 3.05) is 0 Å². The minimum atomic E-state index is -0.385. The summed E-state index contributed by atoms with van der Waals surface area (Å²) in [5, 5.41) is 3.47. The van der Waals surface area contributed by atoms with E-state index in [1.54, 1.807) is 12.3 Å². The number of aromatic nitrogens is 1. The van der Waals surface area contributed by atoms with Gasteiger partial charge in [-0.1, -0.05) is 56.5 Å². The Balaban J connectivity index is 1.63. The topological polar surface area (TPSA) is 51.1 Å². The van der Waals surface area contributed by atoms with Crippen LogP contribution in [-0.2, 0) is 6.54 Å². The van der Waals surface area contributed by atoms with Gasteiger partial charge in [0, 0.05) is 36.2 Å². The van der Waals surface area contributed by atoms with E-state index in [2.05, 4.69) is 5.32 Å². The Morgan fingerprint density at radius 3 is 2.50 bits per heavy atom. The molecule has 0 unspecified atom stereocenters. The molecule has 1 heterocycles. The van der Waals surface area contributed by atoms with Gasteiger partial charge in [-0.2, -0.15) is 0 Å². The number of Topliss-reactive ketones (excluding diaryl/α,β-unsaturated/α-hetero) is 1. The lowest BCUT2D eigenvalue weighted by molar-refractivity contribution is 0.0928. The second-order valence-corrected chi connectivity index (χ2v) is 8.09. The highest BCUT2D eigenvalue weighted by Gasteiger charge is 2.22. The molecular formula is C25H27FN2O2.